The highest BCUT2D eigenvalue weighted by Gasteiger charge is 2.15. The minimum absolute atomic E-state index is 0.0757. The summed E-state index contributed by atoms with van der Waals surface area (Å²) in [5.74, 6) is -1.08. The van der Waals surface area contributed by atoms with Crippen LogP contribution in [0.3, 0.4) is 0 Å². The Bertz CT molecular complexity index is 1060. The third-order valence-electron chi connectivity index (χ3n) is 4.20. The molecule has 0 spiro atoms. The van der Waals surface area contributed by atoms with Crippen molar-refractivity contribution in [1.29, 1.82) is 0 Å². The summed E-state index contributed by atoms with van der Waals surface area (Å²) in [6.07, 6.45) is 0. The number of amides is 1. The second-order valence-electron chi connectivity index (χ2n) is 5.88. The standard InChI is InChI=1S/C20H17NO5/c1-11-4-9-15-16(22)10-17(26-18(15)12(11)2)19(23)21-14-7-5-13(6-8-14)20(24)25-3/h4-10H,1-3H3,(H,21,23). The summed E-state index contributed by atoms with van der Waals surface area (Å²) >= 11 is 0. The van der Waals surface area contributed by atoms with E-state index in [-0.39, 0.29) is 11.2 Å². The number of fused-ring (bicyclic) bond motifs is 1. The minimum atomic E-state index is -0.546. The quantitative estimate of drug-likeness (QED) is 0.731. The number of methoxy groups -OCH3 is 1. The number of hydrogen-bond acceptors (Lipinski definition) is 5. The maximum Gasteiger partial charge on any atom is 0.337 e. The summed E-state index contributed by atoms with van der Waals surface area (Å²) in [6.45, 7) is 3.75. The van der Waals surface area contributed by atoms with Gasteiger partial charge >= 0.3 is 5.97 Å². The average molecular weight is 351 g/mol. The summed E-state index contributed by atoms with van der Waals surface area (Å²) in [5, 5.41) is 3.08. The molecule has 1 N–H and O–H groups in total. The molecule has 3 aromatic rings. The Morgan fingerprint density at radius 2 is 1.73 bits per heavy atom. The SMILES string of the molecule is COC(=O)c1ccc(NC(=O)c2cc(=O)c3ccc(C)c(C)c3o2)cc1. The van der Waals surface area contributed by atoms with Crippen molar-refractivity contribution in [3.05, 3.63) is 75.1 Å². The smallest absolute Gasteiger partial charge is 0.337 e. The van der Waals surface area contributed by atoms with Gasteiger partial charge < -0.3 is 14.5 Å². The largest absolute Gasteiger partial charge is 0.465 e. The molecule has 26 heavy (non-hydrogen) atoms. The fraction of sp³-hybridized carbons (Fsp3) is 0.150. The fourth-order valence-electron chi connectivity index (χ4n) is 2.56. The van der Waals surface area contributed by atoms with E-state index in [9.17, 15) is 14.4 Å². The molecule has 0 aliphatic heterocycles. The first-order valence-electron chi connectivity index (χ1n) is 7.94. The van der Waals surface area contributed by atoms with Crippen LogP contribution in [-0.4, -0.2) is 19.0 Å². The zero-order valence-electron chi connectivity index (χ0n) is 14.6. The molecule has 6 nitrogen and oxygen atoms in total. The van der Waals surface area contributed by atoms with Gasteiger partial charge in [-0.05, 0) is 55.3 Å². The van der Waals surface area contributed by atoms with Gasteiger partial charge in [-0.15, -0.1) is 0 Å². The first kappa shape index (κ1) is 17.4. The van der Waals surface area contributed by atoms with Gasteiger partial charge in [-0.2, -0.15) is 0 Å². The molecule has 0 fully saturated rings. The highest BCUT2D eigenvalue weighted by Crippen LogP contribution is 2.21. The van der Waals surface area contributed by atoms with E-state index < -0.39 is 11.9 Å². The number of rotatable bonds is 3. The predicted octanol–water partition coefficient (Wildman–Crippen LogP) is 3.45. The van der Waals surface area contributed by atoms with Crippen LogP contribution < -0.4 is 10.7 Å². The van der Waals surface area contributed by atoms with Gasteiger partial charge in [0, 0.05) is 11.8 Å². The molecule has 0 atom stereocenters. The van der Waals surface area contributed by atoms with Crippen LogP contribution in [0.15, 0.2) is 51.7 Å². The van der Waals surface area contributed by atoms with E-state index in [0.29, 0.717) is 22.2 Å². The molecule has 6 heteroatoms. The number of carbonyl (C=O) groups excluding carboxylic acids is 2. The van der Waals surface area contributed by atoms with E-state index in [4.69, 9.17) is 4.42 Å². The van der Waals surface area contributed by atoms with Crippen molar-refractivity contribution < 1.29 is 18.7 Å². The molecular weight excluding hydrogens is 334 g/mol. The lowest BCUT2D eigenvalue weighted by molar-refractivity contribution is 0.0600. The number of nitrogens with one attached hydrogen (secondary N) is 1. The molecule has 0 aliphatic carbocycles. The Morgan fingerprint density at radius 1 is 1.04 bits per heavy atom. The Morgan fingerprint density at radius 3 is 2.38 bits per heavy atom. The molecule has 0 saturated carbocycles. The summed E-state index contributed by atoms with van der Waals surface area (Å²) in [5.41, 5.74) is 2.75. The Kier molecular flexibility index (Phi) is 4.58. The number of anilines is 1. The van der Waals surface area contributed by atoms with E-state index >= 15 is 0 Å². The number of ether oxygens (including phenoxy) is 1. The summed E-state index contributed by atoms with van der Waals surface area (Å²) in [6, 6.07) is 10.9. The third-order valence-corrected chi connectivity index (χ3v) is 4.20. The lowest BCUT2D eigenvalue weighted by Gasteiger charge is -2.08. The molecule has 0 unspecified atom stereocenters. The Labute approximate surface area is 149 Å². The first-order chi connectivity index (χ1) is 12.4. The van der Waals surface area contributed by atoms with Gasteiger partial charge in [0.1, 0.15) is 5.58 Å². The highest BCUT2D eigenvalue weighted by molar-refractivity contribution is 6.03. The molecule has 1 amide bonds. The van der Waals surface area contributed by atoms with Gasteiger partial charge in [0.05, 0.1) is 18.1 Å². The van der Waals surface area contributed by atoms with E-state index in [1.165, 1.54) is 25.3 Å². The summed E-state index contributed by atoms with van der Waals surface area (Å²) < 4.78 is 10.3. The third kappa shape index (κ3) is 3.21. The van der Waals surface area contributed by atoms with E-state index in [2.05, 4.69) is 10.1 Å². The number of esters is 1. The zero-order chi connectivity index (χ0) is 18.8. The maximum atomic E-state index is 12.4. The van der Waals surface area contributed by atoms with Gasteiger partial charge in [0.25, 0.3) is 5.91 Å². The summed E-state index contributed by atoms with van der Waals surface area (Å²) in [4.78, 5) is 36.2. The average Bonchev–Trinajstić information content (AvgIpc) is 2.64. The van der Waals surface area contributed by atoms with Crippen LogP contribution in [0.1, 0.15) is 32.0 Å². The molecule has 0 saturated heterocycles. The lowest BCUT2D eigenvalue weighted by Crippen LogP contribution is -2.15. The van der Waals surface area contributed by atoms with Crippen LogP contribution in [0.2, 0.25) is 0 Å². The second-order valence-corrected chi connectivity index (χ2v) is 5.88. The van der Waals surface area contributed by atoms with Gasteiger partial charge in [0.2, 0.25) is 0 Å². The molecular formula is C20H17NO5. The fourth-order valence-corrected chi connectivity index (χ4v) is 2.56. The molecule has 0 aliphatic rings. The molecule has 1 aromatic heterocycles. The number of carbonyl (C=O) groups is 2. The van der Waals surface area contributed by atoms with Crippen LogP contribution in [0.5, 0.6) is 0 Å². The van der Waals surface area contributed by atoms with Crippen LogP contribution in [0, 0.1) is 13.8 Å². The van der Waals surface area contributed by atoms with E-state index in [1.807, 2.05) is 19.9 Å². The Balaban J connectivity index is 1.91. The van der Waals surface area contributed by atoms with Crippen molar-refractivity contribution in [2.24, 2.45) is 0 Å². The van der Waals surface area contributed by atoms with Crippen molar-refractivity contribution in [3.8, 4) is 0 Å². The second kappa shape index (κ2) is 6.84. The van der Waals surface area contributed by atoms with E-state index in [1.54, 1.807) is 18.2 Å². The first-order valence-corrected chi connectivity index (χ1v) is 7.94. The molecule has 3 rings (SSSR count). The van der Waals surface area contributed by atoms with E-state index in [0.717, 1.165) is 11.1 Å². The minimum Gasteiger partial charge on any atom is -0.465 e. The molecule has 0 bridgehead atoms. The molecule has 2 aromatic carbocycles. The van der Waals surface area contributed by atoms with Crippen LogP contribution >= 0.6 is 0 Å². The van der Waals surface area contributed by atoms with Gasteiger partial charge in [-0.3, -0.25) is 9.59 Å². The highest BCUT2D eigenvalue weighted by atomic mass is 16.5. The molecule has 1 heterocycles. The van der Waals surface area contributed by atoms with Crippen molar-refractivity contribution in [2.45, 2.75) is 13.8 Å². The topological polar surface area (TPSA) is 85.6 Å². The molecule has 0 radical (unpaired) electrons. The van der Waals surface area contributed by atoms with Crippen LogP contribution in [0.25, 0.3) is 11.0 Å². The monoisotopic (exact) mass is 351 g/mol. The Hall–Kier alpha value is -3.41. The maximum absolute atomic E-state index is 12.4. The number of aryl methyl sites for hydroxylation is 2. The van der Waals surface area contributed by atoms with Crippen molar-refractivity contribution in [3.63, 3.8) is 0 Å². The number of benzene rings is 2. The lowest BCUT2D eigenvalue weighted by atomic mass is 10.1. The summed E-state index contributed by atoms with van der Waals surface area (Å²) in [7, 11) is 1.30. The van der Waals surface area contributed by atoms with Gasteiger partial charge in [-0.1, -0.05) is 6.07 Å². The predicted molar refractivity (Wildman–Crippen MR) is 97.7 cm³/mol. The number of hydrogen-bond donors (Lipinski definition) is 1. The zero-order valence-corrected chi connectivity index (χ0v) is 14.6. The van der Waals surface area contributed by atoms with Crippen molar-refractivity contribution in [1.82, 2.24) is 0 Å². The van der Waals surface area contributed by atoms with Gasteiger partial charge in [-0.25, -0.2) is 4.79 Å². The molecule has 132 valence electrons. The van der Waals surface area contributed by atoms with Crippen LogP contribution in [0.4, 0.5) is 5.69 Å². The van der Waals surface area contributed by atoms with Crippen LogP contribution in [-0.2, 0) is 4.74 Å². The van der Waals surface area contributed by atoms with Crippen molar-refractivity contribution >= 4 is 28.5 Å². The van der Waals surface area contributed by atoms with Gasteiger partial charge in [0.15, 0.2) is 11.2 Å². The van der Waals surface area contributed by atoms with Crippen molar-refractivity contribution in [2.75, 3.05) is 12.4 Å². The normalized spacial score (nSPS) is 10.6.